The molecule has 0 aliphatic heterocycles. The molecule has 0 aliphatic rings. The molecule has 10 aromatic rings. The van der Waals surface area contributed by atoms with Crippen molar-refractivity contribution in [2.75, 3.05) is 0 Å². The smallest absolute Gasteiger partial charge is 0.189 e. The van der Waals surface area contributed by atoms with Gasteiger partial charge in [0.05, 0.1) is 34.8 Å². The summed E-state index contributed by atoms with van der Waals surface area (Å²) in [5.74, 6) is 0. The normalized spacial score (nSPS) is 11.6. The van der Waals surface area contributed by atoms with Crippen molar-refractivity contribution in [3.8, 4) is 28.6 Å². The number of benzene rings is 6. The second kappa shape index (κ2) is 10.4. The van der Waals surface area contributed by atoms with Crippen LogP contribution in [0.15, 0.2) is 140 Å². The van der Waals surface area contributed by atoms with E-state index < -0.39 is 0 Å². The highest BCUT2D eigenvalue weighted by Crippen LogP contribution is 2.41. The molecule has 5 nitrogen and oxygen atoms in total. The van der Waals surface area contributed by atoms with Crippen molar-refractivity contribution in [2.45, 2.75) is 0 Å². The summed E-state index contributed by atoms with van der Waals surface area (Å²) in [6.45, 7) is 8.02. The third-order valence-corrected chi connectivity index (χ3v) is 10.7. The number of para-hydroxylation sites is 1. The van der Waals surface area contributed by atoms with Crippen LogP contribution in [-0.2, 0) is 0 Å². The Morgan fingerprint density at radius 2 is 1.37 bits per heavy atom. The van der Waals surface area contributed by atoms with Crippen molar-refractivity contribution in [1.29, 1.82) is 5.26 Å². The molecular weight excluding hydrogens is 619 g/mol. The minimum atomic E-state index is 0.558. The fraction of sp³-hybridized carbons (Fsp3) is 0. The molecule has 6 aromatic carbocycles. The molecule has 0 unspecified atom stereocenters. The standard InChI is InChI=1S/C43H23N5S/c1-45-29-19-28(21-31(22-29)47-38-13-4-2-10-32(38)35-18-26(25-44)15-16-39(35)47)27-8-6-9-30(20-27)48-40-23-37-33-11-3-5-14-41(33)49-42(37)24-36(40)34-12-7-17-46-43(34)48/h2-24H. The first-order valence-corrected chi connectivity index (χ1v) is 16.8. The van der Waals surface area contributed by atoms with E-state index in [0.717, 1.165) is 60.9 Å². The van der Waals surface area contributed by atoms with Gasteiger partial charge in [-0.25, -0.2) is 9.83 Å². The van der Waals surface area contributed by atoms with Crippen molar-refractivity contribution < 1.29 is 0 Å². The van der Waals surface area contributed by atoms with E-state index in [0.29, 0.717) is 11.3 Å². The van der Waals surface area contributed by atoms with Crippen LogP contribution in [0.2, 0.25) is 0 Å². The third kappa shape index (κ3) is 4.06. The SMILES string of the molecule is [C-]#[N+]c1cc(-c2cccc(-n3c4cc5c(cc4c4cccnc43)sc3ccccc35)c2)cc(-n2c3ccccc3c3cc(C#N)ccc32)c1. The number of fused-ring (bicyclic) bond motifs is 9. The summed E-state index contributed by atoms with van der Waals surface area (Å²) < 4.78 is 7.01. The van der Waals surface area contributed by atoms with E-state index >= 15 is 0 Å². The van der Waals surface area contributed by atoms with Crippen molar-refractivity contribution >= 4 is 80.9 Å². The van der Waals surface area contributed by atoms with Crippen LogP contribution in [0, 0.1) is 17.9 Å². The molecule has 0 fully saturated rings. The Bertz CT molecular complexity index is 3090. The summed E-state index contributed by atoms with van der Waals surface area (Å²) in [6, 6.07) is 48.3. The van der Waals surface area contributed by atoms with Crippen molar-refractivity contribution in [2.24, 2.45) is 0 Å². The molecule has 0 bridgehead atoms. The number of rotatable bonds is 3. The van der Waals surface area contributed by atoms with E-state index in [-0.39, 0.29) is 0 Å². The highest BCUT2D eigenvalue weighted by Gasteiger charge is 2.18. The summed E-state index contributed by atoms with van der Waals surface area (Å²) in [4.78, 5) is 8.78. The summed E-state index contributed by atoms with van der Waals surface area (Å²) in [6.07, 6.45) is 1.86. The summed E-state index contributed by atoms with van der Waals surface area (Å²) in [7, 11) is 0. The number of thiophene rings is 1. The van der Waals surface area contributed by atoms with E-state index in [1.54, 1.807) is 0 Å². The van der Waals surface area contributed by atoms with Crippen LogP contribution in [0.25, 0.3) is 91.3 Å². The van der Waals surface area contributed by atoms with Crippen LogP contribution >= 0.6 is 11.3 Å². The molecule has 0 N–H and O–H groups in total. The van der Waals surface area contributed by atoms with Crippen molar-refractivity contribution in [1.82, 2.24) is 14.1 Å². The van der Waals surface area contributed by atoms with Gasteiger partial charge in [0.15, 0.2) is 5.69 Å². The highest BCUT2D eigenvalue weighted by molar-refractivity contribution is 7.25. The zero-order valence-corrected chi connectivity index (χ0v) is 26.7. The predicted molar refractivity (Wildman–Crippen MR) is 202 cm³/mol. The monoisotopic (exact) mass is 641 g/mol. The Kier molecular flexibility index (Phi) is 5.81. The number of aromatic nitrogens is 3. The van der Waals surface area contributed by atoms with Gasteiger partial charge in [0.1, 0.15) is 5.65 Å². The lowest BCUT2D eigenvalue weighted by Crippen LogP contribution is -1.97. The number of hydrogen-bond acceptors (Lipinski definition) is 3. The van der Waals surface area contributed by atoms with Gasteiger partial charge in [-0.1, -0.05) is 48.5 Å². The van der Waals surface area contributed by atoms with Gasteiger partial charge in [0.2, 0.25) is 0 Å². The largest absolute Gasteiger partial charge is 0.310 e. The van der Waals surface area contributed by atoms with Gasteiger partial charge in [-0.2, -0.15) is 5.26 Å². The molecule has 0 amide bonds. The van der Waals surface area contributed by atoms with Crippen LogP contribution < -0.4 is 0 Å². The van der Waals surface area contributed by atoms with E-state index in [9.17, 15) is 5.26 Å². The quantitative estimate of drug-likeness (QED) is 0.180. The third-order valence-electron chi connectivity index (χ3n) is 9.55. The second-order valence-corrected chi connectivity index (χ2v) is 13.4. The van der Waals surface area contributed by atoms with E-state index in [1.807, 2.05) is 66.1 Å². The minimum absolute atomic E-state index is 0.558. The zero-order valence-electron chi connectivity index (χ0n) is 25.9. The molecule has 0 atom stereocenters. The molecule has 6 heteroatoms. The van der Waals surface area contributed by atoms with Crippen LogP contribution in [0.5, 0.6) is 0 Å². The molecule has 4 heterocycles. The van der Waals surface area contributed by atoms with Gasteiger partial charge in [-0.3, -0.25) is 4.57 Å². The fourth-order valence-electron chi connectivity index (χ4n) is 7.42. The van der Waals surface area contributed by atoms with Crippen LogP contribution in [0.4, 0.5) is 5.69 Å². The Hall–Kier alpha value is -6.73. The first kappa shape index (κ1) is 27.4. The molecule has 0 saturated heterocycles. The average molecular weight is 642 g/mol. The lowest BCUT2D eigenvalue weighted by atomic mass is 10.0. The second-order valence-electron chi connectivity index (χ2n) is 12.3. The molecule has 0 aliphatic carbocycles. The molecule has 10 rings (SSSR count). The fourth-order valence-corrected chi connectivity index (χ4v) is 8.55. The Morgan fingerprint density at radius 1 is 0.571 bits per heavy atom. The molecule has 0 radical (unpaired) electrons. The Balaban J connectivity index is 1.20. The number of nitriles is 1. The first-order valence-electron chi connectivity index (χ1n) is 16.0. The van der Waals surface area contributed by atoms with Crippen LogP contribution in [0.3, 0.4) is 0 Å². The summed E-state index contributed by atoms with van der Waals surface area (Å²) in [5.41, 5.74) is 9.07. The maximum absolute atomic E-state index is 9.62. The highest BCUT2D eigenvalue weighted by atomic mass is 32.1. The average Bonchev–Trinajstić information content (AvgIpc) is 3.80. The lowest BCUT2D eigenvalue weighted by Gasteiger charge is -2.13. The van der Waals surface area contributed by atoms with Gasteiger partial charge in [-0.05, 0) is 96.1 Å². The number of hydrogen-bond donors (Lipinski definition) is 0. The number of pyridine rings is 1. The molecule has 0 spiro atoms. The van der Waals surface area contributed by atoms with E-state index in [2.05, 4.69) is 105 Å². The number of nitrogens with zero attached hydrogens (tertiary/aromatic N) is 5. The molecule has 4 aromatic heterocycles. The van der Waals surface area contributed by atoms with Gasteiger partial charge in [0, 0.05) is 59.3 Å². The van der Waals surface area contributed by atoms with Crippen molar-refractivity contribution in [3.05, 3.63) is 157 Å². The summed E-state index contributed by atoms with van der Waals surface area (Å²) >= 11 is 1.83. The predicted octanol–water partition coefficient (Wildman–Crippen LogP) is 11.7. The summed E-state index contributed by atoms with van der Waals surface area (Å²) in [5, 5.41) is 16.5. The topological polar surface area (TPSA) is 50.9 Å². The Morgan fingerprint density at radius 3 is 2.27 bits per heavy atom. The van der Waals surface area contributed by atoms with Crippen molar-refractivity contribution in [3.63, 3.8) is 0 Å². The van der Waals surface area contributed by atoms with E-state index in [4.69, 9.17) is 11.6 Å². The van der Waals surface area contributed by atoms with Gasteiger partial charge in [-0.15, -0.1) is 11.3 Å². The van der Waals surface area contributed by atoms with Crippen LogP contribution in [0.1, 0.15) is 5.56 Å². The molecule has 49 heavy (non-hydrogen) atoms. The van der Waals surface area contributed by atoms with Crippen LogP contribution in [-0.4, -0.2) is 14.1 Å². The van der Waals surface area contributed by atoms with Gasteiger partial charge in [0.25, 0.3) is 0 Å². The lowest BCUT2D eigenvalue weighted by molar-refractivity contribution is 1.14. The van der Waals surface area contributed by atoms with Gasteiger partial charge >= 0.3 is 0 Å². The maximum atomic E-state index is 9.62. The van der Waals surface area contributed by atoms with E-state index in [1.165, 1.54) is 25.6 Å². The zero-order chi connectivity index (χ0) is 32.6. The maximum Gasteiger partial charge on any atom is 0.189 e. The molecule has 226 valence electrons. The first-order chi connectivity index (χ1) is 24.2. The Labute approximate surface area is 284 Å². The molecular formula is C43H23N5S. The molecule has 0 saturated carbocycles. The minimum Gasteiger partial charge on any atom is -0.310 e. The van der Waals surface area contributed by atoms with Gasteiger partial charge < -0.3 is 4.57 Å².